The van der Waals surface area contributed by atoms with Crippen LogP contribution in [0.4, 0.5) is 0 Å². The molecule has 170 valence electrons. The van der Waals surface area contributed by atoms with Crippen molar-refractivity contribution in [3.8, 4) is 22.6 Å². The molecule has 0 aliphatic carbocycles. The van der Waals surface area contributed by atoms with Gasteiger partial charge in [0.15, 0.2) is 11.5 Å². The molecule has 6 heteroatoms. The van der Waals surface area contributed by atoms with Gasteiger partial charge in [0, 0.05) is 28.5 Å². The van der Waals surface area contributed by atoms with Crippen LogP contribution in [0.25, 0.3) is 11.1 Å². The number of unbranched alkanes of at least 4 members (excludes halogenated alkanes) is 1. The molecule has 0 aliphatic heterocycles. The first kappa shape index (κ1) is 23.7. The fourth-order valence-corrected chi connectivity index (χ4v) is 4.34. The molecule has 1 heterocycles. The topological polar surface area (TPSA) is 66.5 Å². The Morgan fingerprint density at radius 1 is 1.03 bits per heavy atom. The number of benzene rings is 2. The van der Waals surface area contributed by atoms with Gasteiger partial charge in [0.05, 0.1) is 19.8 Å². The van der Waals surface area contributed by atoms with E-state index in [1.54, 1.807) is 14.2 Å². The van der Waals surface area contributed by atoms with E-state index in [0.29, 0.717) is 22.1 Å². The average molecular weight is 455 g/mol. The van der Waals surface area contributed by atoms with E-state index < -0.39 is 5.91 Å². The Hall–Kier alpha value is -2.92. The maximum absolute atomic E-state index is 12.5. The zero-order valence-electron chi connectivity index (χ0n) is 19.2. The number of hydrogen-bond acceptors (Lipinski definition) is 3. The fraction of sp³-hybridized carbons (Fsp3) is 0.346. The maximum Gasteiger partial charge on any atom is 0.251 e. The lowest BCUT2D eigenvalue weighted by atomic mass is 9.97. The Morgan fingerprint density at radius 3 is 2.31 bits per heavy atom. The van der Waals surface area contributed by atoms with Crippen LogP contribution in [0.2, 0.25) is 5.02 Å². The minimum absolute atomic E-state index is 0.407. The van der Waals surface area contributed by atoms with Crippen molar-refractivity contribution >= 4 is 17.5 Å². The lowest BCUT2D eigenvalue weighted by Gasteiger charge is -2.14. The summed E-state index contributed by atoms with van der Waals surface area (Å²) in [4.78, 5) is 12.5. The number of halogens is 1. The van der Waals surface area contributed by atoms with Crippen LogP contribution in [0, 0.1) is 6.92 Å². The van der Waals surface area contributed by atoms with E-state index in [2.05, 4.69) is 11.5 Å². The normalized spacial score (nSPS) is 10.9. The molecule has 0 unspecified atom stereocenters. The van der Waals surface area contributed by atoms with Crippen LogP contribution < -0.4 is 15.2 Å². The van der Waals surface area contributed by atoms with Crippen molar-refractivity contribution in [2.24, 2.45) is 5.73 Å². The van der Waals surface area contributed by atoms with Crippen molar-refractivity contribution in [3.63, 3.8) is 0 Å². The summed E-state index contributed by atoms with van der Waals surface area (Å²) in [5.41, 5.74) is 11.5. The quantitative estimate of drug-likeness (QED) is 0.419. The molecule has 0 spiro atoms. The first-order valence-corrected chi connectivity index (χ1v) is 11.3. The molecule has 0 atom stereocenters. The fourth-order valence-electron chi connectivity index (χ4n) is 4.21. The second-order valence-corrected chi connectivity index (χ2v) is 8.28. The van der Waals surface area contributed by atoms with Crippen LogP contribution in [0.3, 0.4) is 0 Å². The van der Waals surface area contributed by atoms with Gasteiger partial charge in [-0.25, -0.2) is 0 Å². The number of primary amides is 1. The predicted molar refractivity (Wildman–Crippen MR) is 130 cm³/mol. The standard InChI is InChI=1S/C26H31ClN2O3/c1-5-6-7-21-25(19-9-11-20(27)12-10-19)24(26(28)30)17(2)29(21)15-14-18-8-13-22(31-3)23(16-18)32-4/h8-13,16H,5-7,14-15H2,1-4H3,(H2,28,30). The minimum atomic E-state index is -0.407. The van der Waals surface area contributed by atoms with Crippen molar-refractivity contribution in [3.05, 3.63) is 70.0 Å². The van der Waals surface area contributed by atoms with Gasteiger partial charge in [0.2, 0.25) is 0 Å². The van der Waals surface area contributed by atoms with Gasteiger partial charge in [-0.2, -0.15) is 0 Å². The summed E-state index contributed by atoms with van der Waals surface area (Å²) < 4.78 is 13.0. The summed E-state index contributed by atoms with van der Waals surface area (Å²) in [6, 6.07) is 13.6. The summed E-state index contributed by atoms with van der Waals surface area (Å²) in [5, 5.41) is 0.661. The van der Waals surface area contributed by atoms with Gasteiger partial charge in [-0.05, 0) is 61.6 Å². The van der Waals surface area contributed by atoms with Crippen LogP contribution in [0.15, 0.2) is 42.5 Å². The Morgan fingerprint density at radius 2 is 1.72 bits per heavy atom. The van der Waals surface area contributed by atoms with Crippen LogP contribution in [-0.2, 0) is 19.4 Å². The molecule has 0 fully saturated rings. The second-order valence-electron chi connectivity index (χ2n) is 7.85. The van der Waals surface area contributed by atoms with E-state index in [-0.39, 0.29) is 0 Å². The number of aryl methyl sites for hydroxylation is 1. The number of methoxy groups -OCH3 is 2. The van der Waals surface area contributed by atoms with Crippen molar-refractivity contribution in [1.82, 2.24) is 4.57 Å². The summed E-state index contributed by atoms with van der Waals surface area (Å²) in [6.45, 7) is 4.87. The predicted octanol–water partition coefficient (Wildman–Crippen LogP) is 5.82. The highest BCUT2D eigenvalue weighted by molar-refractivity contribution is 6.30. The lowest BCUT2D eigenvalue weighted by molar-refractivity contribution is 0.1000. The molecular weight excluding hydrogens is 424 g/mol. The highest BCUT2D eigenvalue weighted by Crippen LogP contribution is 2.35. The summed E-state index contributed by atoms with van der Waals surface area (Å²) >= 11 is 6.11. The number of carbonyl (C=O) groups is 1. The van der Waals surface area contributed by atoms with E-state index in [1.807, 2.05) is 49.4 Å². The highest BCUT2D eigenvalue weighted by Gasteiger charge is 2.24. The van der Waals surface area contributed by atoms with Crippen molar-refractivity contribution in [2.45, 2.75) is 46.1 Å². The van der Waals surface area contributed by atoms with Gasteiger partial charge >= 0.3 is 0 Å². The Balaban J connectivity index is 2.05. The van der Waals surface area contributed by atoms with Gasteiger partial charge in [0.25, 0.3) is 5.91 Å². The molecule has 3 aromatic rings. The Kier molecular flexibility index (Phi) is 7.86. The van der Waals surface area contributed by atoms with Gasteiger partial charge in [-0.3, -0.25) is 4.79 Å². The summed E-state index contributed by atoms with van der Waals surface area (Å²) in [7, 11) is 3.27. The largest absolute Gasteiger partial charge is 0.493 e. The molecule has 1 amide bonds. The zero-order chi connectivity index (χ0) is 23.3. The molecular formula is C26H31ClN2O3. The van der Waals surface area contributed by atoms with E-state index >= 15 is 0 Å². The molecule has 0 bridgehead atoms. The molecule has 5 nitrogen and oxygen atoms in total. The molecule has 3 rings (SSSR count). The van der Waals surface area contributed by atoms with Gasteiger partial charge < -0.3 is 19.8 Å². The van der Waals surface area contributed by atoms with Gasteiger partial charge in [-0.1, -0.05) is 43.1 Å². The number of nitrogens with two attached hydrogens (primary N) is 1. The molecule has 0 saturated heterocycles. The van der Waals surface area contributed by atoms with Crippen LogP contribution in [0.1, 0.15) is 47.1 Å². The molecule has 2 N–H and O–H groups in total. The van der Waals surface area contributed by atoms with E-state index in [4.69, 9.17) is 26.8 Å². The number of aromatic nitrogens is 1. The maximum atomic E-state index is 12.5. The smallest absolute Gasteiger partial charge is 0.251 e. The number of amides is 1. The third kappa shape index (κ3) is 4.94. The number of hydrogen-bond donors (Lipinski definition) is 1. The molecule has 1 aromatic heterocycles. The molecule has 2 aromatic carbocycles. The monoisotopic (exact) mass is 454 g/mol. The summed E-state index contributed by atoms with van der Waals surface area (Å²) in [5.74, 6) is 1.01. The number of nitrogens with zero attached hydrogens (tertiary/aromatic N) is 1. The van der Waals surface area contributed by atoms with Crippen molar-refractivity contribution in [2.75, 3.05) is 14.2 Å². The van der Waals surface area contributed by atoms with Gasteiger partial charge in [0.1, 0.15) is 0 Å². The van der Waals surface area contributed by atoms with E-state index in [1.165, 1.54) is 0 Å². The molecule has 0 saturated carbocycles. The second kappa shape index (κ2) is 10.6. The molecule has 0 radical (unpaired) electrons. The molecule has 32 heavy (non-hydrogen) atoms. The summed E-state index contributed by atoms with van der Waals surface area (Å²) in [6.07, 6.45) is 3.74. The van der Waals surface area contributed by atoms with E-state index in [0.717, 1.165) is 60.3 Å². The highest BCUT2D eigenvalue weighted by atomic mass is 35.5. The van der Waals surface area contributed by atoms with E-state index in [9.17, 15) is 4.79 Å². The Bertz CT molecular complexity index is 1090. The minimum Gasteiger partial charge on any atom is -0.493 e. The van der Waals surface area contributed by atoms with Crippen molar-refractivity contribution in [1.29, 1.82) is 0 Å². The number of rotatable bonds is 10. The van der Waals surface area contributed by atoms with Crippen LogP contribution in [-0.4, -0.2) is 24.7 Å². The number of carbonyl (C=O) groups excluding carboxylic acids is 1. The SMILES string of the molecule is CCCCc1c(-c2ccc(Cl)cc2)c(C(N)=O)c(C)n1CCc1ccc(OC)c(OC)c1. The number of ether oxygens (including phenoxy) is 2. The first-order chi connectivity index (χ1) is 15.4. The lowest BCUT2D eigenvalue weighted by Crippen LogP contribution is -2.14. The zero-order valence-corrected chi connectivity index (χ0v) is 20.0. The van der Waals surface area contributed by atoms with Crippen LogP contribution >= 0.6 is 11.6 Å². The first-order valence-electron chi connectivity index (χ1n) is 10.9. The molecule has 0 aliphatic rings. The third-order valence-corrected chi connectivity index (χ3v) is 6.10. The Labute approximate surface area is 195 Å². The van der Waals surface area contributed by atoms with Gasteiger partial charge in [-0.15, -0.1) is 0 Å². The van der Waals surface area contributed by atoms with Crippen molar-refractivity contribution < 1.29 is 14.3 Å². The third-order valence-electron chi connectivity index (χ3n) is 5.85. The van der Waals surface area contributed by atoms with Crippen LogP contribution in [0.5, 0.6) is 11.5 Å². The average Bonchev–Trinajstić information content (AvgIpc) is 3.07.